The molecular formula is C4H7S. The number of hydrogen-bond donors (Lipinski definition) is 0. The number of rotatable bonds is 1. The lowest BCUT2D eigenvalue weighted by Gasteiger charge is -1.90. The molecule has 0 nitrogen and oxygen atoms in total. The van der Waals surface area contributed by atoms with Crippen LogP contribution in [-0.2, 0) is 0 Å². The van der Waals surface area contributed by atoms with Crippen molar-refractivity contribution in [2.24, 2.45) is 0 Å². The summed E-state index contributed by atoms with van der Waals surface area (Å²) in [6.45, 7) is 7.09. The highest BCUT2D eigenvalue weighted by atomic mass is 32.2. The fourth-order valence-electron chi connectivity index (χ4n) is 0. The first kappa shape index (κ1) is 5.35. The summed E-state index contributed by atoms with van der Waals surface area (Å²) in [7, 11) is 0. The van der Waals surface area contributed by atoms with E-state index < -0.39 is 0 Å². The maximum Gasteiger partial charge on any atom is 0.00536 e. The minimum atomic E-state index is 0.190. The van der Waals surface area contributed by atoms with Gasteiger partial charge in [-0.3, -0.25) is 0 Å². The van der Waals surface area contributed by atoms with Crippen LogP contribution in [0.5, 0.6) is 0 Å². The Labute approximate surface area is 38.0 Å². The molecule has 0 aliphatic rings. The van der Waals surface area contributed by atoms with E-state index in [9.17, 15) is 0 Å². The standard InChI is InChI=1S/C4H7S/c1-4(2)5-3/h1,4H,3H2,2H3. The van der Waals surface area contributed by atoms with Crippen LogP contribution in [0.4, 0.5) is 0 Å². The van der Waals surface area contributed by atoms with Crippen LogP contribution in [0.15, 0.2) is 0 Å². The molecule has 0 amide bonds. The van der Waals surface area contributed by atoms with Crippen molar-refractivity contribution in [2.75, 3.05) is 0 Å². The third-order valence-corrected chi connectivity index (χ3v) is 0.789. The third-order valence-electron chi connectivity index (χ3n) is 0.263. The topological polar surface area (TPSA) is 0 Å². The van der Waals surface area contributed by atoms with Gasteiger partial charge in [0.05, 0.1) is 0 Å². The van der Waals surface area contributed by atoms with Crippen molar-refractivity contribution in [1.82, 2.24) is 0 Å². The number of thioether (sulfide) groups is 1. The van der Waals surface area contributed by atoms with Gasteiger partial charge in [-0.2, -0.15) is 11.8 Å². The molecule has 0 saturated heterocycles. The SMILES string of the molecule is [CH]C(C)S[CH2]. The Morgan fingerprint density at radius 2 is 2.20 bits per heavy atom. The van der Waals surface area contributed by atoms with Gasteiger partial charge in [-0.1, -0.05) is 6.92 Å². The zero-order chi connectivity index (χ0) is 4.28. The van der Waals surface area contributed by atoms with Gasteiger partial charge in [-0.15, -0.1) is 0 Å². The second kappa shape index (κ2) is 2.58. The molecule has 0 aromatic carbocycles. The van der Waals surface area contributed by atoms with Crippen LogP contribution in [-0.4, -0.2) is 5.25 Å². The molecule has 1 heteroatoms. The molecule has 0 N–H and O–H groups in total. The van der Waals surface area contributed by atoms with Crippen LogP contribution in [0.3, 0.4) is 0 Å². The molecule has 0 bridgehead atoms. The Balaban J connectivity index is 2.54. The molecule has 1 atom stereocenters. The summed E-state index contributed by atoms with van der Waals surface area (Å²) in [6, 6.07) is 0. The Bertz CT molecular complexity index is 17.6. The monoisotopic (exact) mass is 87.0 g/mol. The summed E-state index contributed by atoms with van der Waals surface area (Å²) >= 11 is 1.41. The predicted octanol–water partition coefficient (Wildman–Crippen LogP) is 1.61. The second-order valence-corrected chi connectivity index (χ2v) is 1.95. The van der Waals surface area contributed by atoms with E-state index in [4.69, 9.17) is 6.92 Å². The predicted molar refractivity (Wildman–Crippen MR) is 26.7 cm³/mol. The van der Waals surface area contributed by atoms with E-state index in [2.05, 4.69) is 6.26 Å². The molecule has 3 radical (unpaired) electrons. The fraction of sp³-hybridized carbons (Fsp3) is 0.500. The smallest absolute Gasteiger partial charge is 0.00536 e. The molecule has 0 aromatic rings. The molecule has 0 aromatic heterocycles. The lowest BCUT2D eigenvalue weighted by Crippen LogP contribution is -1.78. The van der Waals surface area contributed by atoms with Gasteiger partial charge in [0.25, 0.3) is 0 Å². The molecule has 29 valence electrons. The van der Waals surface area contributed by atoms with Crippen LogP contribution in [0.2, 0.25) is 0 Å². The molecule has 0 aliphatic carbocycles. The summed E-state index contributed by atoms with van der Waals surface area (Å²) < 4.78 is 0. The van der Waals surface area contributed by atoms with Crippen LogP contribution in [0.25, 0.3) is 0 Å². The number of hydrogen-bond acceptors (Lipinski definition) is 1. The summed E-state index contributed by atoms with van der Waals surface area (Å²) in [4.78, 5) is 0. The lowest BCUT2D eigenvalue weighted by atomic mass is 10.6. The average molecular weight is 87.2 g/mol. The van der Waals surface area contributed by atoms with Crippen molar-refractivity contribution in [3.63, 3.8) is 0 Å². The lowest BCUT2D eigenvalue weighted by molar-refractivity contribution is 1.26. The van der Waals surface area contributed by atoms with E-state index in [0.717, 1.165) is 0 Å². The van der Waals surface area contributed by atoms with Gasteiger partial charge in [0, 0.05) is 11.5 Å². The average Bonchev–Trinajstić information content (AvgIpc) is 1.38. The van der Waals surface area contributed by atoms with Crippen LogP contribution in [0, 0.1) is 13.2 Å². The Kier molecular flexibility index (Phi) is 2.76. The van der Waals surface area contributed by atoms with Crippen molar-refractivity contribution in [3.05, 3.63) is 13.2 Å². The summed E-state index contributed by atoms with van der Waals surface area (Å²) in [6.07, 6.45) is 3.48. The second-order valence-electron chi connectivity index (χ2n) is 0.872. The molecule has 1 unspecified atom stereocenters. The first-order valence-corrected chi connectivity index (χ1v) is 2.48. The maximum atomic E-state index is 5.19. The molecule has 0 fully saturated rings. The van der Waals surface area contributed by atoms with E-state index >= 15 is 0 Å². The van der Waals surface area contributed by atoms with Gasteiger partial charge in [-0.05, 0) is 6.92 Å². The third kappa shape index (κ3) is 4.35. The van der Waals surface area contributed by atoms with E-state index in [1.165, 1.54) is 11.8 Å². The molecule has 0 aliphatic heterocycles. The van der Waals surface area contributed by atoms with Crippen LogP contribution >= 0.6 is 11.8 Å². The van der Waals surface area contributed by atoms with Crippen molar-refractivity contribution < 1.29 is 0 Å². The molecule has 0 saturated carbocycles. The summed E-state index contributed by atoms with van der Waals surface area (Å²) in [5.74, 6) is 0. The van der Waals surface area contributed by atoms with Crippen LogP contribution < -0.4 is 0 Å². The van der Waals surface area contributed by atoms with Crippen molar-refractivity contribution >= 4 is 11.8 Å². The van der Waals surface area contributed by atoms with Gasteiger partial charge >= 0.3 is 0 Å². The summed E-state index contributed by atoms with van der Waals surface area (Å²) in [5.41, 5.74) is 0. The molecule has 5 heavy (non-hydrogen) atoms. The van der Waals surface area contributed by atoms with E-state index in [1.54, 1.807) is 0 Å². The molecule has 0 heterocycles. The van der Waals surface area contributed by atoms with E-state index in [1.807, 2.05) is 6.92 Å². The van der Waals surface area contributed by atoms with E-state index in [0.29, 0.717) is 0 Å². The van der Waals surface area contributed by atoms with E-state index in [-0.39, 0.29) is 5.25 Å². The first-order chi connectivity index (χ1) is 2.27. The first-order valence-electron chi connectivity index (χ1n) is 1.44. The zero-order valence-electron chi connectivity index (χ0n) is 3.27. The van der Waals surface area contributed by atoms with Gasteiger partial charge in [-0.25, -0.2) is 0 Å². The fourth-order valence-corrected chi connectivity index (χ4v) is 0. The van der Waals surface area contributed by atoms with Crippen LogP contribution in [0.1, 0.15) is 6.92 Å². The molecule has 0 rings (SSSR count). The quantitative estimate of drug-likeness (QED) is 0.468. The highest BCUT2D eigenvalue weighted by Gasteiger charge is 1.81. The zero-order valence-corrected chi connectivity index (χ0v) is 4.09. The Morgan fingerprint density at radius 1 is 2.00 bits per heavy atom. The molecular weight excluding hydrogens is 80.1 g/mol. The van der Waals surface area contributed by atoms with Gasteiger partial charge in [0.15, 0.2) is 0 Å². The van der Waals surface area contributed by atoms with Gasteiger partial charge in [0.2, 0.25) is 0 Å². The van der Waals surface area contributed by atoms with Crippen molar-refractivity contribution in [1.29, 1.82) is 0 Å². The minimum absolute atomic E-state index is 0.190. The largest absolute Gasteiger partial charge is 0.158 e. The van der Waals surface area contributed by atoms with Gasteiger partial charge < -0.3 is 0 Å². The van der Waals surface area contributed by atoms with Gasteiger partial charge in [0.1, 0.15) is 0 Å². The maximum absolute atomic E-state index is 5.19. The highest BCUT2D eigenvalue weighted by molar-refractivity contribution is 8.01. The normalized spacial score (nSPS) is 9.60. The highest BCUT2D eigenvalue weighted by Crippen LogP contribution is 2.02. The summed E-state index contributed by atoms with van der Waals surface area (Å²) in [5, 5.41) is 0.190. The van der Waals surface area contributed by atoms with Crippen molar-refractivity contribution in [3.8, 4) is 0 Å². The molecule has 0 spiro atoms. The Hall–Kier alpha value is 0.350. The Morgan fingerprint density at radius 3 is 2.20 bits per heavy atom. The minimum Gasteiger partial charge on any atom is -0.158 e. The van der Waals surface area contributed by atoms with Crippen molar-refractivity contribution in [2.45, 2.75) is 12.2 Å².